The van der Waals surface area contributed by atoms with Crippen LogP contribution in [0.25, 0.3) is 0 Å². The van der Waals surface area contributed by atoms with Crippen LogP contribution in [0.1, 0.15) is 316 Å². The molecule has 0 aromatic rings. The van der Waals surface area contributed by atoms with E-state index >= 15 is 0 Å². The molecule has 6 heteroatoms. The first-order valence-corrected chi connectivity index (χ1v) is 34.7. The first kappa shape index (κ1) is 78.5. The molecule has 83 heavy (non-hydrogen) atoms. The van der Waals surface area contributed by atoms with E-state index in [1.165, 1.54) is 161 Å². The second kappa shape index (κ2) is 70.0. The molecule has 0 spiro atoms. The zero-order valence-electron chi connectivity index (χ0n) is 54.2. The third kappa shape index (κ3) is 68.2. The van der Waals surface area contributed by atoms with Crippen LogP contribution in [-0.2, 0) is 28.6 Å². The fourth-order valence-corrected chi connectivity index (χ4v) is 9.52. The van der Waals surface area contributed by atoms with Crippen LogP contribution in [0.5, 0.6) is 0 Å². The molecule has 1 unspecified atom stereocenters. The molecule has 0 saturated heterocycles. The normalized spacial score (nSPS) is 13.0. The van der Waals surface area contributed by atoms with Crippen LogP contribution in [0.4, 0.5) is 0 Å². The van der Waals surface area contributed by atoms with Gasteiger partial charge in [0.1, 0.15) is 13.2 Å². The lowest BCUT2D eigenvalue weighted by Crippen LogP contribution is -2.30. The van der Waals surface area contributed by atoms with E-state index in [0.29, 0.717) is 19.3 Å². The van der Waals surface area contributed by atoms with Crippen LogP contribution >= 0.6 is 0 Å². The Morgan fingerprint density at radius 2 is 0.494 bits per heavy atom. The van der Waals surface area contributed by atoms with E-state index in [1.54, 1.807) is 0 Å². The molecule has 0 fully saturated rings. The zero-order valence-corrected chi connectivity index (χ0v) is 54.2. The highest BCUT2D eigenvalue weighted by Crippen LogP contribution is 2.16. The molecule has 6 nitrogen and oxygen atoms in total. The van der Waals surface area contributed by atoms with E-state index in [4.69, 9.17) is 14.2 Å². The van der Waals surface area contributed by atoms with Crippen LogP contribution in [0, 0.1) is 0 Å². The van der Waals surface area contributed by atoms with E-state index in [2.05, 4.69) is 148 Å². The highest BCUT2D eigenvalue weighted by molar-refractivity contribution is 5.71. The van der Waals surface area contributed by atoms with E-state index < -0.39 is 6.10 Å². The van der Waals surface area contributed by atoms with E-state index in [-0.39, 0.29) is 37.5 Å². The van der Waals surface area contributed by atoms with Gasteiger partial charge in [-0.1, -0.05) is 309 Å². The third-order valence-electron chi connectivity index (χ3n) is 14.6. The molecule has 0 heterocycles. The number of unbranched alkanes of at least 4 members (excludes halogenated alkanes) is 29. The van der Waals surface area contributed by atoms with Gasteiger partial charge in [0.05, 0.1) is 0 Å². The van der Waals surface area contributed by atoms with Gasteiger partial charge in [0, 0.05) is 19.3 Å². The second-order valence-electron chi connectivity index (χ2n) is 22.7. The predicted octanol–water partition coefficient (Wildman–Crippen LogP) is 24.1. The van der Waals surface area contributed by atoms with Crippen LogP contribution in [0.15, 0.2) is 134 Å². The first-order valence-electron chi connectivity index (χ1n) is 34.7. The predicted molar refractivity (Wildman–Crippen MR) is 362 cm³/mol. The quantitative estimate of drug-likeness (QED) is 0.0261. The number of hydrogen-bond donors (Lipinski definition) is 0. The molecule has 0 N–H and O–H groups in total. The summed E-state index contributed by atoms with van der Waals surface area (Å²) < 4.78 is 16.9. The maximum atomic E-state index is 13.0. The molecule has 472 valence electrons. The smallest absolute Gasteiger partial charge is 0.306 e. The van der Waals surface area contributed by atoms with Gasteiger partial charge in [-0.2, -0.15) is 0 Å². The van der Waals surface area contributed by atoms with E-state index in [0.717, 1.165) is 109 Å². The average Bonchev–Trinajstić information content (AvgIpc) is 3.49. The van der Waals surface area contributed by atoms with Gasteiger partial charge in [0.2, 0.25) is 0 Å². The Hall–Kier alpha value is -4.45. The van der Waals surface area contributed by atoms with Crippen molar-refractivity contribution in [2.75, 3.05) is 13.2 Å². The van der Waals surface area contributed by atoms with Gasteiger partial charge in [-0.3, -0.25) is 14.4 Å². The van der Waals surface area contributed by atoms with E-state index in [1.807, 2.05) is 6.08 Å². The Kier molecular flexibility index (Phi) is 66.3. The molecule has 1 atom stereocenters. The Balaban J connectivity index is 4.46. The highest BCUT2D eigenvalue weighted by atomic mass is 16.6. The van der Waals surface area contributed by atoms with Crippen molar-refractivity contribution < 1.29 is 28.6 Å². The topological polar surface area (TPSA) is 78.9 Å². The summed E-state index contributed by atoms with van der Waals surface area (Å²) in [6.45, 7) is 6.37. The number of carbonyl (C=O) groups excluding carboxylic acids is 3. The van der Waals surface area contributed by atoms with Crippen molar-refractivity contribution in [3.05, 3.63) is 134 Å². The molecule has 0 saturated carbocycles. The molecule has 0 aliphatic rings. The summed E-state index contributed by atoms with van der Waals surface area (Å²) in [5.41, 5.74) is 0. The lowest BCUT2D eigenvalue weighted by Gasteiger charge is -2.18. The maximum Gasteiger partial charge on any atom is 0.306 e. The average molecular weight is 1150 g/mol. The van der Waals surface area contributed by atoms with Crippen molar-refractivity contribution >= 4 is 17.9 Å². The van der Waals surface area contributed by atoms with Crippen LogP contribution in [0.2, 0.25) is 0 Å². The number of carbonyl (C=O) groups is 3. The number of rotatable bonds is 62. The van der Waals surface area contributed by atoms with Gasteiger partial charge in [-0.25, -0.2) is 0 Å². The number of esters is 3. The largest absolute Gasteiger partial charge is 0.462 e. The summed E-state index contributed by atoms with van der Waals surface area (Å²) in [7, 11) is 0. The Labute approximate surface area is 513 Å². The Morgan fingerprint density at radius 3 is 0.819 bits per heavy atom. The molecule has 0 aromatic heterocycles. The molecule has 0 aromatic carbocycles. The van der Waals surface area contributed by atoms with Crippen molar-refractivity contribution in [3.63, 3.8) is 0 Å². The summed E-state index contributed by atoms with van der Waals surface area (Å²) in [5, 5.41) is 0. The molecule has 0 rings (SSSR count). The van der Waals surface area contributed by atoms with Crippen LogP contribution in [0.3, 0.4) is 0 Å². The summed E-state index contributed by atoms with van der Waals surface area (Å²) >= 11 is 0. The lowest BCUT2D eigenvalue weighted by atomic mass is 10.0. The fourth-order valence-electron chi connectivity index (χ4n) is 9.52. The minimum absolute atomic E-state index is 0.107. The second-order valence-corrected chi connectivity index (χ2v) is 22.7. The Morgan fingerprint density at radius 1 is 0.253 bits per heavy atom. The van der Waals surface area contributed by atoms with E-state index in [9.17, 15) is 14.4 Å². The summed E-state index contributed by atoms with van der Waals surface area (Å²) in [5.74, 6) is -0.996. The van der Waals surface area contributed by atoms with Crippen molar-refractivity contribution in [2.45, 2.75) is 322 Å². The SMILES string of the molecule is CC/C=C\C/C=C\C/C=C\C/C=C\C/C=C\C/C=C\CCC(=O)OCC(COC(=O)CCCCCCCCCCCCCCC/C=C\CCCCCCCCCC)OC(=O)CCCCCCCCCC/C=C\C/C=C\C/C=C\C/C=C\CC. The van der Waals surface area contributed by atoms with Gasteiger partial charge in [-0.05, 0) is 122 Å². The van der Waals surface area contributed by atoms with Gasteiger partial charge < -0.3 is 14.2 Å². The molecule has 0 radical (unpaired) electrons. The standard InChI is InChI=1S/C77H128O6/c1-4-7-10-13-16-19-22-25-28-31-34-36-37-38-39-41-43-46-49-52-55-58-61-64-67-70-76(79)82-73-74(72-81-75(78)69-66-63-60-57-54-51-48-45-42-33-30-27-24-21-18-15-12-9-6-3)83-77(80)71-68-65-62-59-56-53-50-47-44-40-35-32-29-26-23-20-17-14-11-8-5-2/h8-9,11-12,17-18,20-21,26-27,29-31,34-35,40,42,45,51,54,60,63,74H,4-7,10,13-16,19,22-25,28,32-33,36-39,41,43-44,46-50,52-53,55-59,61-62,64-73H2,1-3H3/b11-8-,12-9-,20-17-,21-18-,29-26-,30-27-,34-31-,40-35-,45-42-,54-51-,63-60-. The van der Waals surface area contributed by atoms with Crippen LogP contribution < -0.4 is 0 Å². The minimum atomic E-state index is -0.820. The molecule has 0 aliphatic carbocycles. The minimum Gasteiger partial charge on any atom is -0.462 e. The van der Waals surface area contributed by atoms with Crippen LogP contribution in [-0.4, -0.2) is 37.2 Å². The van der Waals surface area contributed by atoms with Gasteiger partial charge in [-0.15, -0.1) is 0 Å². The third-order valence-corrected chi connectivity index (χ3v) is 14.6. The molecule has 0 amide bonds. The zero-order chi connectivity index (χ0) is 59.9. The molecular formula is C77H128O6. The summed E-state index contributed by atoms with van der Waals surface area (Å²) in [6.07, 6.45) is 99.1. The molecule has 0 bridgehead atoms. The maximum absolute atomic E-state index is 13.0. The fraction of sp³-hybridized carbons (Fsp3) is 0.675. The lowest BCUT2D eigenvalue weighted by molar-refractivity contribution is -0.166. The number of ether oxygens (including phenoxy) is 3. The first-order chi connectivity index (χ1) is 41.0. The van der Waals surface area contributed by atoms with Gasteiger partial charge in [0.15, 0.2) is 6.10 Å². The molecule has 0 aliphatic heterocycles. The summed E-state index contributed by atoms with van der Waals surface area (Å²) in [4.78, 5) is 38.4. The van der Waals surface area contributed by atoms with Crippen molar-refractivity contribution in [2.24, 2.45) is 0 Å². The van der Waals surface area contributed by atoms with Gasteiger partial charge in [0.25, 0.3) is 0 Å². The number of hydrogen-bond acceptors (Lipinski definition) is 6. The monoisotopic (exact) mass is 1150 g/mol. The summed E-state index contributed by atoms with van der Waals surface area (Å²) in [6, 6.07) is 0. The van der Waals surface area contributed by atoms with Crippen molar-refractivity contribution in [3.8, 4) is 0 Å². The van der Waals surface area contributed by atoms with Gasteiger partial charge >= 0.3 is 17.9 Å². The van der Waals surface area contributed by atoms with Crippen molar-refractivity contribution in [1.82, 2.24) is 0 Å². The highest BCUT2D eigenvalue weighted by Gasteiger charge is 2.19. The Bertz CT molecular complexity index is 1750. The number of allylic oxidation sites excluding steroid dienone is 22. The molecular weight excluding hydrogens is 1020 g/mol. The van der Waals surface area contributed by atoms with Crippen molar-refractivity contribution in [1.29, 1.82) is 0 Å².